The summed E-state index contributed by atoms with van der Waals surface area (Å²) in [6, 6.07) is 20.9. The van der Waals surface area contributed by atoms with E-state index < -0.39 is 11.1 Å². The van der Waals surface area contributed by atoms with Crippen LogP contribution in [-0.2, 0) is 0 Å². The Morgan fingerprint density at radius 3 is 1.65 bits per heavy atom. The average molecular weight is 243 g/mol. The Bertz CT molecular complexity index is 427. The zero-order valence-corrected chi connectivity index (χ0v) is 10.8. The summed E-state index contributed by atoms with van der Waals surface area (Å²) in [6.45, 7) is 3.92. The molecule has 1 unspecified atom stereocenters. The van der Waals surface area contributed by atoms with Crippen LogP contribution in [0.3, 0.4) is 0 Å². The first-order chi connectivity index (χ1) is 8.33. The maximum Gasteiger partial charge on any atom is 0.0508 e. The molecule has 2 heteroatoms. The minimum Gasteiger partial charge on any atom is -0.302 e. The molecule has 0 aromatic heterocycles. The van der Waals surface area contributed by atoms with Gasteiger partial charge in [0.15, 0.2) is 0 Å². The molecule has 0 aliphatic heterocycles. The Hall–Kier alpha value is -1.67. The van der Waals surface area contributed by atoms with Gasteiger partial charge >= 0.3 is 0 Å². The van der Waals surface area contributed by atoms with Gasteiger partial charge in [-0.15, -0.1) is 0 Å². The Morgan fingerprint density at radius 1 is 0.882 bits per heavy atom. The Morgan fingerprint density at radius 2 is 1.29 bits per heavy atom. The normalized spacial score (nSPS) is 12.9. The number of anilines is 2. The molecular weight excluding hydrogens is 226 g/mol. The smallest absolute Gasteiger partial charge is 0.0508 e. The average Bonchev–Trinajstić information content (AvgIpc) is 2.41. The number of hydrogen-bond acceptors (Lipinski definition) is 1. The topological polar surface area (TPSA) is 3.24 Å². The zero-order valence-electron chi connectivity index (χ0n) is 9.95. The van der Waals surface area contributed by atoms with Gasteiger partial charge in [0.25, 0.3) is 0 Å². The van der Waals surface area contributed by atoms with Gasteiger partial charge in [0.05, 0.1) is 11.4 Å². The lowest BCUT2D eigenvalue weighted by atomic mass is 10.3. The molecule has 2 rings (SSSR count). The Balaban J connectivity index is 2.43. The largest absolute Gasteiger partial charge is 0.302 e. The number of benzene rings is 2. The molecule has 0 heterocycles. The van der Waals surface area contributed by atoms with Crippen molar-refractivity contribution in [3.8, 4) is 0 Å². The third-order valence-electron chi connectivity index (χ3n) is 2.58. The molecule has 0 radical (unpaired) electrons. The first-order valence-corrected chi connectivity index (χ1v) is 7.39. The van der Waals surface area contributed by atoms with Crippen LogP contribution in [0.15, 0.2) is 72.7 Å². The number of thiol groups is 1. The molecule has 0 aliphatic rings. The van der Waals surface area contributed by atoms with Gasteiger partial charge in [0.2, 0.25) is 0 Å². The number of nitrogens with zero attached hydrogens (tertiary/aromatic N) is 1. The van der Waals surface area contributed by atoms with Crippen molar-refractivity contribution in [3.05, 3.63) is 72.7 Å². The number of para-hydroxylation sites is 2. The monoisotopic (exact) mass is 243 g/mol. The van der Waals surface area contributed by atoms with E-state index in [1.54, 1.807) is 0 Å². The summed E-state index contributed by atoms with van der Waals surface area (Å²) in [7, 11) is 0. The fraction of sp³-hybridized carbons (Fsp3) is 0.0667. The second-order valence-corrected chi connectivity index (χ2v) is 5.65. The molecule has 0 aliphatic carbocycles. The van der Waals surface area contributed by atoms with Gasteiger partial charge in [-0.2, -0.15) is 11.1 Å². The van der Waals surface area contributed by atoms with E-state index in [0.717, 1.165) is 0 Å². The van der Waals surface area contributed by atoms with E-state index >= 15 is 0 Å². The van der Waals surface area contributed by atoms with E-state index in [0.29, 0.717) is 0 Å². The Labute approximate surface area is 106 Å². The van der Waals surface area contributed by atoms with E-state index in [1.807, 2.05) is 17.5 Å². The molecule has 0 N–H and O–H groups in total. The van der Waals surface area contributed by atoms with Crippen molar-refractivity contribution in [2.24, 2.45) is 0 Å². The van der Waals surface area contributed by atoms with Crippen LogP contribution in [0.4, 0.5) is 11.4 Å². The van der Waals surface area contributed by atoms with E-state index in [1.165, 1.54) is 11.4 Å². The SMILES string of the molecule is C=C[SH](C)N(c1ccccc1)c1ccccc1. The van der Waals surface area contributed by atoms with Crippen molar-refractivity contribution in [2.45, 2.75) is 0 Å². The lowest BCUT2D eigenvalue weighted by molar-refractivity contribution is 1.43. The summed E-state index contributed by atoms with van der Waals surface area (Å²) >= 11 is -0.397. The van der Waals surface area contributed by atoms with Gasteiger partial charge in [-0.3, -0.25) is 0 Å². The summed E-state index contributed by atoms with van der Waals surface area (Å²) in [5.41, 5.74) is 2.43. The predicted octanol–water partition coefficient (Wildman–Crippen LogP) is 4.51. The molecule has 1 atom stereocenters. The molecule has 0 saturated heterocycles. The maximum atomic E-state index is 3.92. The minimum absolute atomic E-state index is 0.397. The molecule has 2 aromatic carbocycles. The highest BCUT2D eigenvalue weighted by Crippen LogP contribution is 2.40. The van der Waals surface area contributed by atoms with E-state index in [2.05, 4.69) is 65.7 Å². The third kappa shape index (κ3) is 2.71. The Kier molecular flexibility index (Phi) is 3.89. The lowest BCUT2D eigenvalue weighted by Crippen LogP contribution is -2.10. The van der Waals surface area contributed by atoms with Crippen molar-refractivity contribution in [1.29, 1.82) is 0 Å². The van der Waals surface area contributed by atoms with Crippen LogP contribution in [0.2, 0.25) is 0 Å². The molecule has 0 bridgehead atoms. The van der Waals surface area contributed by atoms with Crippen LogP contribution in [0, 0.1) is 0 Å². The van der Waals surface area contributed by atoms with E-state index in [-0.39, 0.29) is 0 Å². The molecule has 0 fully saturated rings. The highest BCUT2D eigenvalue weighted by molar-refractivity contribution is 8.20. The van der Waals surface area contributed by atoms with Crippen LogP contribution in [0.25, 0.3) is 0 Å². The van der Waals surface area contributed by atoms with Crippen LogP contribution in [0.1, 0.15) is 0 Å². The standard InChI is InChI=1S/C15H17NS/c1-3-17(2)16(14-10-6-4-7-11-14)15-12-8-5-9-13-15/h3-13,17H,1H2,2H3. The minimum atomic E-state index is -0.397. The van der Waals surface area contributed by atoms with Crippen molar-refractivity contribution in [3.63, 3.8) is 0 Å². The van der Waals surface area contributed by atoms with Gasteiger partial charge in [-0.05, 0) is 35.9 Å². The summed E-state index contributed by atoms with van der Waals surface area (Å²) in [6.07, 6.45) is 2.21. The van der Waals surface area contributed by atoms with Crippen molar-refractivity contribution in [1.82, 2.24) is 0 Å². The molecule has 0 spiro atoms. The van der Waals surface area contributed by atoms with Gasteiger partial charge < -0.3 is 4.31 Å². The molecule has 17 heavy (non-hydrogen) atoms. The highest BCUT2D eigenvalue weighted by atomic mass is 32.2. The molecular formula is C15H17NS. The zero-order chi connectivity index (χ0) is 12.1. The fourth-order valence-corrected chi connectivity index (χ4v) is 2.89. The lowest BCUT2D eigenvalue weighted by Gasteiger charge is -2.32. The first-order valence-electron chi connectivity index (χ1n) is 5.58. The summed E-state index contributed by atoms with van der Waals surface area (Å²) < 4.78 is 2.34. The first kappa shape index (κ1) is 11.8. The molecule has 0 amide bonds. The number of rotatable bonds is 4. The van der Waals surface area contributed by atoms with Gasteiger partial charge in [0, 0.05) is 0 Å². The molecule has 2 aromatic rings. The molecule has 88 valence electrons. The van der Waals surface area contributed by atoms with Crippen molar-refractivity contribution >= 4 is 22.5 Å². The second-order valence-electron chi connectivity index (χ2n) is 3.74. The summed E-state index contributed by atoms with van der Waals surface area (Å²) in [5, 5.41) is 2.02. The van der Waals surface area contributed by atoms with Crippen LogP contribution < -0.4 is 4.31 Å². The van der Waals surface area contributed by atoms with E-state index in [4.69, 9.17) is 0 Å². The van der Waals surface area contributed by atoms with Crippen LogP contribution in [0.5, 0.6) is 0 Å². The third-order valence-corrected chi connectivity index (χ3v) is 4.20. The molecule has 1 nitrogen and oxygen atoms in total. The van der Waals surface area contributed by atoms with Crippen molar-refractivity contribution < 1.29 is 0 Å². The number of hydrogen-bond donors (Lipinski definition) is 1. The van der Waals surface area contributed by atoms with Gasteiger partial charge in [0.1, 0.15) is 0 Å². The summed E-state index contributed by atoms with van der Waals surface area (Å²) in [4.78, 5) is 0. The molecule has 0 saturated carbocycles. The summed E-state index contributed by atoms with van der Waals surface area (Å²) in [5.74, 6) is 0. The highest BCUT2D eigenvalue weighted by Gasteiger charge is 2.10. The van der Waals surface area contributed by atoms with Gasteiger partial charge in [-0.1, -0.05) is 43.0 Å². The van der Waals surface area contributed by atoms with Crippen LogP contribution in [-0.4, -0.2) is 6.26 Å². The fourth-order valence-electron chi connectivity index (χ4n) is 1.73. The van der Waals surface area contributed by atoms with Crippen LogP contribution >= 0.6 is 11.1 Å². The maximum absolute atomic E-state index is 3.92. The quantitative estimate of drug-likeness (QED) is 0.773. The van der Waals surface area contributed by atoms with Crippen molar-refractivity contribution in [2.75, 3.05) is 10.6 Å². The van der Waals surface area contributed by atoms with Gasteiger partial charge in [-0.25, -0.2) is 0 Å². The van der Waals surface area contributed by atoms with E-state index in [9.17, 15) is 0 Å². The second kappa shape index (κ2) is 5.60. The predicted molar refractivity (Wildman–Crippen MR) is 80.1 cm³/mol.